The van der Waals surface area contributed by atoms with Crippen LogP contribution in [-0.4, -0.2) is 28.3 Å². The van der Waals surface area contributed by atoms with Crippen molar-refractivity contribution in [2.24, 2.45) is 0 Å². The lowest BCUT2D eigenvalue weighted by molar-refractivity contribution is -0.122. The van der Waals surface area contributed by atoms with Gasteiger partial charge in [0.05, 0.1) is 11.4 Å². The molecule has 112 valence electrons. The number of carbonyl (C=O) groups excluding carboxylic acids is 1. The molecule has 0 bridgehead atoms. The lowest BCUT2D eigenvalue weighted by atomic mass is 10.3. The topological polar surface area (TPSA) is 29.5 Å². The second kappa shape index (κ2) is 7.09. The van der Waals surface area contributed by atoms with Gasteiger partial charge in [-0.3, -0.25) is 9.69 Å². The molecule has 6 heteroatoms. The summed E-state index contributed by atoms with van der Waals surface area (Å²) in [5, 5.41) is 1.99. The van der Waals surface area contributed by atoms with Crippen LogP contribution in [0.25, 0.3) is 6.08 Å². The summed E-state index contributed by atoms with van der Waals surface area (Å²) in [6, 6.07) is 13.5. The number of rotatable bonds is 5. The monoisotopic (exact) mass is 347 g/mol. The minimum atomic E-state index is -0.0416. The van der Waals surface area contributed by atoms with E-state index >= 15 is 0 Å². The second-order valence-corrected chi connectivity index (χ2v) is 7.17. The van der Waals surface area contributed by atoms with Crippen LogP contribution in [0.3, 0.4) is 0 Å². The third kappa shape index (κ3) is 3.58. The summed E-state index contributed by atoms with van der Waals surface area (Å²) in [4.78, 5) is 15.7. The van der Waals surface area contributed by atoms with E-state index in [0.29, 0.717) is 22.4 Å². The molecule has 1 fully saturated rings. The maximum Gasteiger partial charge on any atom is 0.266 e. The molecular weight excluding hydrogens is 334 g/mol. The van der Waals surface area contributed by atoms with Crippen molar-refractivity contribution in [2.45, 2.75) is 0 Å². The zero-order valence-corrected chi connectivity index (χ0v) is 14.0. The third-order valence-corrected chi connectivity index (χ3v) is 5.21. The molecule has 0 unspecified atom stereocenters. The maximum atomic E-state index is 12.4. The molecule has 1 saturated heterocycles. The molecule has 3 rings (SSSR count). The van der Waals surface area contributed by atoms with Gasteiger partial charge in [-0.2, -0.15) is 0 Å². The van der Waals surface area contributed by atoms with Gasteiger partial charge >= 0.3 is 0 Å². The Bertz CT molecular complexity index is 695. The van der Waals surface area contributed by atoms with Crippen molar-refractivity contribution in [1.82, 2.24) is 4.90 Å². The van der Waals surface area contributed by atoms with Gasteiger partial charge in [0.25, 0.3) is 5.91 Å². The van der Waals surface area contributed by atoms with Crippen molar-refractivity contribution in [3.05, 3.63) is 57.6 Å². The molecule has 22 heavy (non-hydrogen) atoms. The van der Waals surface area contributed by atoms with Gasteiger partial charge in [0.15, 0.2) is 0 Å². The number of thiocarbonyl (C=S) groups is 1. The highest BCUT2D eigenvalue weighted by Gasteiger charge is 2.31. The zero-order valence-electron chi connectivity index (χ0n) is 11.6. The SMILES string of the molecule is O=C1/C(=C/c2cccs2)SC(=S)N1CCOc1ccccc1. The summed E-state index contributed by atoms with van der Waals surface area (Å²) in [5.74, 6) is 0.752. The van der Waals surface area contributed by atoms with E-state index in [0.717, 1.165) is 10.6 Å². The molecule has 0 radical (unpaired) electrons. The first kappa shape index (κ1) is 15.3. The van der Waals surface area contributed by atoms with Crippen LogP contribution in [0.5, 0.6) is 5.75 Å². The Kier molecular flexibility index (Phi) is 4.92. The highest BCUT2D eigenvalue weighted by molar-refractivity contribution is 8.26. The number of para-hydroxylation sites is 1. The largest absolute Gasteiger partial charge is 0.492 e. The molecule has 0 N–H and O–H groups in total. The number of thiophene rings is 1. The molecule has 2 heterocycles. The van der Waals surface area contributed by atoms with Crippen LogP contribution < -0.4 is 4.74 Å². The highest BCUT2D eigenvalue weighted by Crippen LogP contribution is 2.33. The lowest BCUT2D eigenvalue weighted by Crippen LogP contribution is -2.32. The molecule has 1 amide bonds. The fraction of sp³-hybridized carbons (Fsp3) is 0.125. The van der Waals surface area contributed by atoms with Gasteiger partial charge < -0.3 is 4.74 Å². The van der Waals surface area contributed by atoms with E-state index in [-0.39, 0.29) is 5.91 Å². The Morgan fingerprint density at radius 3 is 2.73 bits per heavy atom. The number of hydrogen-bond acceptors (Lipinski definition) is 5. The van der Waals surface area contributed by atoms with E-state index in [1.54, 1.807) is 16.2 Å². The fourth-order valence-electron chi connectivity index (χ4n) is 1.97. The van der Waals surface area contributed by atoms with Crippen LogP contribution in [0.2, 0.25) is 0 Å². The Hall–Kier alpha value is -1.63. The van der Waals surface area contributed by atoms with E-state index in [9.17, 15) is 4.79 Å². The minimum Gasteiger partial charge on any atom is -0.492 e. The number of thioether (sulfide) groups is 1. The van der Waals surface area contributed by atoms with Gasteiger partial charge in [-0.15, -0.1) is 11.3 Å². The average Bonchev–Trinajstić information content (AvgIpc) is 3.12. The van der Waals surface area contributed by atoms with Gasteiger partial charge in [0.1, 0.15) is 16.7 Å². The smallest absolute Gasteiger partial charge is 0.266 e. The molecule has 0 spiro atoms. The summed E-state index contributed by atoms with van der Waals surface area (Å²) in [5.41, 5.74) is 0. The van der Waals surface area contributed by atoms with Crippen LogP contribution >= 0.6 is 35.3 Å². The fourth-order valence-corrected chi connectivity index (χ4v) is 4.00. The van der Waals surface area contributed by atoms with Crippen LogP contribution in [0.15, 0.2) is 52.7 Å². The molecule has 0 atom stereocenters. The van der Waals surface area contributed by atoms with Gasteiger partial charge in [-0.25, -0.2) is 0 Å². The average molecular weight is 347 g/mol. The van der Waals surface area contributed by atoms with Crippen molar-refractivity contribution in [3.8, 4) is 5.75 Å². The van der Waals surface area contributed by atoms with Crippen LogP contribution in [-0.2, 0) is 4.79 Å². The van der Waals surface area contributed by atoms with Crippen LogP contribution in [0.1, 0.15) is 4.88 Å². The highest BCUT2D eigenvalue weighted by atomic mass is 32.2. The molecule has 3 nitrogen and oxygen atoms in total. The van der Waals surface area contributed by atoms with Gasteiger partial charge in [-0.05, 0) is 29.7 Å². The molecular formula is C16H13NO2S3. The zero-order chi connectivity index (χ0) is 15.4. The summed E-state index contributed by atoms with van der Waals surface area (Å²) in [7, 11) is 0. The van der Waals surface area contributed by atoms with E-state index in [1.165, 1.54) is 11.8 Å². The van der Waals surface area contributed by atoms with Crippen molar-refractivity contribution in [3.63, 3.8) is 0 Å². The van der Waals surface area contributed by atoms with Gasteiger partial charge in [0, 0.05) is 4.88 Å². The van der Waals surface area contributed by atoms with Crippen LogP contribution in [0.4, 0.5) is 0 Å². The normalized spacial score (nSPS) is 16.5. The summed E-state index contributed by atoms with van der Waals surface area (Å²) >= 11 is 8.24. The van der Waals surface area contributed by atoms with Gasteiger partial charge in [0.2, 0.25) is 0 Å². The number of amides is 1. The number of carbonyl (C=O) groups is 1. The summed E-state index contributed by atoms with van der Waals surface area (Å²) in [6.07, 6.45) is 1.89. The molecule has 1 aromatic carbocycles. The van der Waals surface area contributed by atoms with Crippen molar-refractivity contribution < 1.29 is 9.53 Å². The van der Waals surface area contributed by atoms with Gasteiger partial charge in [-0.1, -0.05) is 48.2 Å². The molecule has 2 aromatic rings. The van der Waals surface area contributed by atoms with Crippen LogP contribution in [0, 0.1) is 0 Å². The standard InChI is InChI=1S/C16H13NO2S3/c18-15-14(11-13-7-4-10-21-13)22-16(20)17(15)8-9-19-12-5-2-1-3-6-12/h1-7,10-11H,8-9H2/b14-11-. The van der Waals surface area contributed by atoms with E-state index < -0.39 is 0 Å². The predicted molar refractivity (Wildman–Crippen MR) is 96.1 cm³/mol. The first-order valence-electron chi connectivity index (χ1n) is 6.71. The maximum absolute atomic E-state index is 12.4. The minimum absolute atomic E-state index is 0.0416. The van der Waals surface area contributed by atoms with Crippen molar-refractivity contribution >= 4 is 51.6 Å². The van der Waals surface area contributed by atoms with E-state index in [1.807, 2.05) is 53.9 Å². The molecule has 1 aromatic heterocycles. The first-order chi connectivity index (χ1) is 10.7. The molecule has 0 aliphatic carbocycles. The second-order valence-electron chi connectivity index (χ2n) is 4.51. The molecule has 1 aliphatic heterocycles. The van der Waals surface area contributed by atoms with Crippen molar-refractivity contribution in [1.29, 1.82) is 0 Å². The Morgan fingerprint density at radius 1 is 1.18 bits per heavy atom. The summed E-state index contributed by atoms with van der Waals surface area (Å²) in [6.45, 7) is 0.879. The quantitative estimate of drug-likeness (QED) is 0.603. The lowest BCUT2D eigenvalue weighted by Gasteiger charge is -2.14. The Morgan fingerprint density at radius 2 is 2.00 bits per heavy atom. The third-order valence-electron chi connectivity index (χ3n) is 3.02. The van der Waals surface area contributed by atoms with E-state index in [4.69, 9.17) is 17.0 Å². The number of ether oxygens (including phenoxy) is 1. The first-order valence-corrected chi connectivity index (χ1v) is 8.81. The molecule has 0 saturated carbocycles. The van der Waals surface area contributed by atoms with Crippen molar-refractivity contribution in [2.75, 3.05) is 13.2 Å². The summed E-state index contributed by atoms with van der Waals surface area (Å²) < 4.78 is 6.21. The number of benzene rings is 1. The Balaban J connectivity index is 1.60. The Labute approximate surface area is 142 Å². The predicted octanol–water partition coefficient (Wildman–Crippen LogP) is 4.03. The number of hydrogen-bond donors (Lipinski definition) is 0. The number of nitrogens with zero attached hydrogens (tertiary/aromatic N) is 1. The molecule has 1 aliphatic rings. The van der Waals surface area contributed by atoms with E-state index in [2.05, 4.69) is 0 Å².